The van der Waals surface area contributed by atoms with Crippen LogP contribution in [-0.4, -0.2) is 32.9 Å². The van der Waals surface area contributed by atoms with Crippen molar-refractivity contribution in [3.63, 3.8) is 0 Å². The highest BCUT2D eigenvalue weighted by Gasteiger charge is 2.19. The highest BCUT2D eigenvalue weighted by molar-refractivity contribution is 5.91. The predicted molar refractivity (Wildman–Crippen MR) is 99.0 cm³/mol. The summed E-state index contributed by atoms with van der Waals surface area (Å²) < 4.78 is 22.5. The van der Waals surface area contributed by atoms with Crippen molar-refractivity contribution >= 4 is 5.97 Å². The van der Waals surface area contributed by atoms with Crippen molar-refractivity contribution < 1.29 is 23.7 Å². The minimum atomic E-state index is -0.416. The number of benzene rings is 1. The standard InChI is InChI=1S/C20H32O5/c1-5-8-11-23-17-14-16(20(21)22-4)15-18(24-12-9-6-2)19(17)25-13-10-7-3/h14-15H,5-13H2,1-4H3. The Labute approximate surface area is 151 Å². The highest BCUT2D eigenvalue weighted by atomic mass is 16.5. The molecule has 1 aromatic carbocycles. The van der Waals surface area contributed by atoms with E-state index in [1.54, 1.807) is 12.1 Å². The molecule has 0 aliphatic rings. The maximum absolute atomic E-state index is 12.0. The molecule has 0 heterocycles. The molecule has 0 spiro atoms. The Morgan fingerprint density at radius 3 is 1.64 bits per heavy atom. The lowest BCUT2D eigenvalue weighted by Crippen LogP contribution is -2.09. The second-order valence-electron chi connectivity index (χ2n) is 5.90. The van der Waals surface area contributed by atoms with E-state index < -0.39 is 5.97 Å². The second-order valence-corrected chi connectivity index (χ2v) is 5.90. The Balaban J connectivity index is 3.14. The van der Waals surface area contributed by atoms with E-state index in [4.69, 9.17) is 18.9 Å². The fourth-order valence-corrected chi connectivity index (χ4v) is 2.14. The van der Waals surface area contributed by atoms with Crippen LogP contribution in [0, 0.1) is 0 Å². The normalized spacial score (nSPS) is 10.4. The Morgan fingerprint density at radius 2 is 1.24 bits per heavy atom. The SMILES string of the molecule is CCCCOc1cc(C(=O)OC)cc(OCCCC)c1OCCCC. The molecular formula is C20H32O5. The van der Waals surface area contributed by atoms with Crippen LogP contribution in [0.15, 0.2) is 12.1 Å². The first-order valence-corrected chi connectivity index (χ1v) is 9.32. The lowest BCUT2D eigenvalue weighted by molar-refractivity contribution is 0.0599. The highest BCUT2D eigenvalue weighted by Crippen LogP contribution is 2.39. The molecule has 0 aromatic heterocycles. The van der Waals surface area contributed by atoms with Gasteiger partial charge in [0.25, 0.3) is 0 Å². The van der Waals surface area contributed by atoms with Gasteiger partial charge in [0.2, 0.25) is 5.75 Å². The number of rotatable bonds is 13. The molecule has 5 heteroatoms. The molecule has 0 fully saturated rings. The number of hydrogen-bond donors (Lipinski definition) is 0. The third-order valence-electron chi connectivity index (χ3n) is 3.70. The van der Waals surface area contributed by atoms with Crippen LogP contribution in [0.2, 0.25) is 0 Å². The summed E-state index contributed by atoms with van der Waals surface area (Å²) in [5.74, 6) is 1.24. The molecular weight excluding hydrogens is 320 g/mol. The van der Waals surface area contributed by atoms with Crippen molar-refractivity contribution in [1.82, 2.24) is 0 Å². The van der Waals surface area contributed by atoms with E-state index in [1.807, 2.05) is 0 Å². The molecule has 0 N–H and O–H groups in total. The van der Waals surface area contributed by atoms with Gasteiger partial charge in [-0.15, -0.1) is 0 Å². The first-order chi connectivity index (χ1) is 12.2. The molecule has 0 saturated carbocycles. The molecule has 0 aliphatic heterocycles. The molecule has 0 saturated heterocycles. The van der Waals surface area contributed by atoms with E-state index >= 15 is 0 Å². The summed E-state index contributed by atoms with van der Waals surface area (Å²) in [5, 5.41) is 0. The van der Waals surface area contributed by atoms with E-state index in [2.05, 4.69) is 20.8 Å². The zero-order valence-electron chi connectivity index (χ0n) is 16.1. The van der Waals surface area contributed by atoms with Crippen molar-refractivity contribution in [3.8, 4) is 17.2 Å². The number of esters is 1. The zero-order valence-corrected chi connectivity index (χ0v) is 16.1. The van der Waals surface area contributed by atoms with Gasteiger partial charge in [-0.1, -0.05) is 40.0 Å². The fraction of sp³-hybridized carbons (Fsp3) is 0.650. The molecule has 5 nitrogen and oxygen atoms in total. The summed E-state index contributed by atoms with van der Waals surface area (Å²) in [4.78, 5) is 12.0. The minimum Gasteiger partial charge on any atom is -0.490 e. The Hall–Kier alpha value is -1.91. The van der Waals surface area contributed by atoms with Crippen molar-refractivity contribution in [1.29, 1.82) is 0 Å². The maximum atomic E-state index is 12.0. The van der Waals surface area contributed by atoms with Gasteiger partial charge in [-0.05, 0) is 31.4 Å². The third kappa shape index (κ3) is 7.24. The largest absolute Gasteiger partial charge is 0.490 e. The molecule has 0 aliphatic carbocycles. The van der Waals surface area contributed by atoms with Gasteiger partial charge >= 0.3 is 5.97 Å². The van der Waals surface area contributed by atoms with Crippen LogP contribution in [0.4, 0.5) is 0 Å². The first kappa shape index (κ1) is 21.1. The number of ether oxygens (including phenoxy) is 4. The van der Waals surface area contributed by atoms with Gasteiger partial charge in [0.05, 0.1) is 32.5 Å². The number of hydrogen-bond acceptors (Lipinski definition) is 5. The summed E-state index contributed by atoms with van der Waals surface area (Å²) >= 11 is 0. The minimum absolute atomic E-state index is 0.406. The number of unbranched alkanes of at least 4 members (excludes halogenated alkanes) is 3. The Kier molecular flexibility index (Phi) is 10.5. The van der Waals surface area contributed by atoms with Gasteiger partial charge in [0.1, 0.15) is 0 Å². The smallest absolute Gasteiger partial charge is 0.338 e. The van der Waals surface area contributed by atoms with Gasteiger partial charge in [-0.25, -0.2) is 4.79 Å². The summed E-state index contributed by atoms with van der Waals surface area (Å²) in [6, 6.07) is 3.35. The zero-order chi connectivity index (χ0) is 18.5. The molecule has 142 valence electrons. The average Bonchev–Trinajstić information content (AvgIpc) is 2.63. The molecule has 0 radical (unpaired) electrons. The van der Waals surface area contributed by atoms with Crippen LogP contribution in [0.3, 0.4) is 0 Å². The molecule has 0 amide bonds. The van der Waals surface area contributed by atoms with Crippen molar-refractivity contribution in [2.45, 2.75) is 59.3 Å². The summed E-state index contributed by atoms with van der Waals surface area (Å²) in [5.41, 5.74) is 0.406. The van der Waals surface area contributed by atoms with E-state index in [0.29, 0.717) is 42.6 Å². The van der Waals surface area contributed by atoms with Crippen LogP contribution < -0.4 is 14.2 Å². The van der Waals surface area contributed by atoms with E-state index in [0.717, 1.165) is 38.5 Å². The van der Waals surface area contributed by atoms with Crippen molar-refractivity contribution in [3.05, 3.63) is 17.7 Å². The lowest BCUT2D eigenvalue weighted by atomic mass is 10.1. The van der Waals surface area contributed by atoms with E-state index in [9.17, 15) is 4.79 Å². The molecule has 0 bridgehead atoms. The molecule has 1 rings (SSSR count). The third-order valence-corrected chi connectivity index (χ3v) is 3.70. The summed E-state index contributed by atoms with van der Waals surface area (Å²) in [6.07, 6.45) is 5.91. The monoisotopic (exact) mass is 352 g/mol. The van der Waals surface area contributed by atoms with Crippen molar-refractivity contribution in [2.75, 3.05) is 26.9 Å². The quantitative estimate of drug-likeness (QED) is 0.369. The van der Waals surface area contributed by atoms with Crippen LogP contribution in [0.5, 0.6) is 17.2 Å². The van der Waals surface area contributed by atoms with Gasteiger partial charge in [-0.2, -0.15) is 0 Å². The topological polar surface area (TPSA) is 54.0 Å². The Bertz CT molecular complexity index is 482. The summed E-state index contributed by atoms with van der Waals surface area (Å²) in [7, 11) is 1.36. The van der Waals surface area contributed by atoms with Gasteiger partial charge in [0, 0.05) is 0 Å². The molecule has 25 heavy (non-hydrogen) atoms. The fourth-order valence-electron chi connectivity index (χ4n) is 2.14. The number of carbonyl (C=O) groups is 1. The number of carbonyl (C=O) groups excluding carboxylic acids is 1. The van der Waals surface area contributed by atoms with Crippen LogP contribution in [-0.2, 0) is 4.74 Å². The van der Waals surface area contributed by atoms with E-state index in [1.165, 1.54) is 7.11 Å². The van der Waals surface area contributed by atoms with Gasteiger partial charge in [0.15, 0.2) is 11.5 Å². The van der Waals surface area contributed by atoms with Crippen LogP contribution >= 0.6 is 0 Å². The first-order valence-electron chi connectivity index (χ1n) is 9.32. The van der Waals surface area contributed by atoms with Crippen molar-refractivity contribution in [2.24, 2.45) is 0 Å². The van der Waals surface area contributed by atoms with Crippen LogP contribution in [0.25, 0.3) is 0 Å². The maximum Gasteiger partial charge on any atom is 0.338 e. The predicted octanol–water partition coefficient (Wildman–Crippen LogP) is 5.01. The lowest BCUT2D eigenvalue weighted by Gasteiger charge is -2.18. The van der Waals surface area contributed by atoms with Gasteiger partial charge in [-0.3, -0.25) is 0 Å². The molecule has 0 unspecified atom stereocenters. The summed E-state index contributed by atoms with van der Waals surface area (Å²) in [6.45, 7) is 8.04. The Morgan fingerprint density at radius 1 is 0.800 bits per heavy atom. The van der Waals surface area contributed by atoms with Crippen LogP contribution in [0.1, 0.15) is 69.7 Å². The average molecular weight is 352 g/mol. The molecule has 0 atom stereocenters. The second kappa shape index (κ2) is 12.5. The number of methoxy groups -OCH3 is 1. The van der Waals surface area contributed by atoms with E-state index in [-0.39, 0.29) is 0 Å². The molecule has 1 aromatic rings. The van der Waals surface area contributed by atoms with Gasteiger partial charge < -0.3 is 18.9 Å².